The van der Waals surface area contributed by atoms with E-state index in [-0.39, 0.29) is 24.4 Å². The van der Waals surface area contributed by atoms with Gasteiger partial charge in [-0.15, -0.1) is 0 Å². The predicted octanol–water partition coefficient (Wildman–Crippen LogP) is 4.00. The second-order valence-corrected chi connectivity index (χ2v) is 5.06. The van der Waals surface area contributed by atoms with E-state index in [0.717, 1.165) is 11.6 Å². The molecule has 0 heterocycles. The summed E-state index contributed by atoms with van der Waals surface area (Å²) in [6.45, 7) is 0.276. The van der Waals surface area contributed by atoms with Crippen molar-refractivity contribution in [3.8, 4) is 5.75 Å². The monoisotopic (exact) mass is 309 g/mol. The van der Waals surface area contributed by atoms with Crippen molar-refractivity contribution in [3.63, 3.8) is 0 Å². The quantitative estimate of drug-likeness (QED) is 0.906. The Hall–Kier alpha value is -2.01. The summed E-state index contributed by atoms with van der Waals surface area (Å²) in [5.74, 6) is 0.532. The number of benzene rings is 2. The topological polar surface area (TPSA) is 35.2 Å². The summed E-state index contributed by atoms with van der Waals surface area (Å²) in [7, 11) is 1.56. The van der Waals surface area contributed by atoms with Gasteiger partial charge in [0.15, 0.2) is 0 Å². The van der Waals surface area contributed by atoms with Gasteiger partial charge in [0.2, 0.25) is 0 Å². The minimum atomic E-state index is -4.35. The maximum absolute atomic E-state index is 13.1. The number of ether oxygens (including phenoxy) is 1. The maximum Gasteiger partial charge on any atom is 0.416 e. The van der Waals surface area contributed by atoms with Gasteiger partial charge in [-0.3, -0.25) is 0 Å². The first-order valence-corrected chi connectivity index (χ1v) is 6.95. The molecule has 0 amide bonds. The number of halogens is 3. The minimum absolute atomic E-state index is 0.172. The average Bonchev–Trinajstić information content (AvgIpc) is 2.52. The normalized spacial score (nSPS) is 13.0. The van der Waals surface area contributed by atoms with Crippen molar-refractivity contribution in [2.75, 3.05) is 13.7 Å². The number of alkyl halides is 3. The highest BCUT2D eigenvalue weighted by atomic mass is 19.4. The van der Waals surface area contributed by atoms with Crippen LogP contribution in [0.3, 0.4) is 0 Å². The number of hydrogen-bond donors (Lipinski definition) is 1. The summed E-state index contributed by atoms with van der Waals surface area (Å²) in [6.07, 6.45) is -4.10. The second-order valence-electron chi connectivity index (χ2n) is 5.06. The molecular weight excluding hydrogens is 291 g/mol. The first-order chi connectivity index (χ1) is 10.5. The smallest absolute Gasteiger partial charge is 0.416 e. The van der Waals surface area contributed by atoms with Crippen LogP contribution in [0.5, 0.6) is 5.75 Å². The molecular formula is C17H18F3NO. The Labute approximate surface area is 127 Å². The fourth-order valence-corrected chi connectivity index (χ4v) is 2.45. The molecule has 0 saturated carbocycles. The Morgan fingerprint density at radius 1 is 1.05 bits per heavy atom. The first-order valence-electron chi connectivity index (χ1n) is 6.95. The van der Waals surface area contributed by atoms with E-state index in [1.54, 1.807) is 25.3 Å². The van der Waals surface area contributed by atoms with Gasteiger partial charge in [-0.1, -0.05) is 30.3 Å². The molecule has 1 atom stereocenters. The van der Waals surface area contributed by atoms with E-state index in [4.69, 9.17) is 10.5 Å². The SMILES string of the molecule is COc1ccc(C(CN)Cc2ccccc2C(F)(F)F)cc1. The molecule has 0 aromatic heterocycles. The Bertz CT molecular complexity index is 608. The van der Waals surface area contributed by atoms with Crippen molar-refractivity contribution in [1.82, 2.24) is 0 Å². The lowest BCUT2D eigenvalue weighted by Gasteiger charge is -2.19. The predicted molar refractivity (Wildman–Crippen MR) is 79.9 cm³/mol. The summed E-state index contributed by atoms with van der Waals surface area (Å²) >= 11 is 0. The van der Waals surface area contributed by atoms with E-state index in [9.17, 15) is 13.2 Å². The highest BCUT2D eigenvalue weighted by molar-refractivity contribution is 5.34. The van der Waals surface area contributed by atoms with E-state index in [1.165, 1.54) is 12.1 Å². The Morgan fingerprint density at radius 3 is 2.23 bits per heavy atom. The van der Waals surface area contributed by atoms with E-state index in [2.05, 4.69) is 0 Å². The van der Waals surface area contributed by atoms with Crippen LogP contribution in [0.4, 0.5) is 13.2 Å². The molecule has 5 heteroatoms. The van der Waals surface area contributed by atoms with Crippen LogP contribution in [0.1, 0.15) is 22.6 Å². The molecule has 1 unspecified atom stereocenters. The standard InChI is InChI=1S/C17H18F3NO/c1-22-15-8-6-12(7-9-15)14(11-21)10-13-4-2-3-5-16(13)17(18,19)20/h2-9,14H,10-11,21H2,1H3. The van der Waals surface area contributed by atoms with Gasteiger partial charge in [-0.2, -0.15) is 13.2 Å². The molecule has 0 aliphatic carbocycles. The van der Waals surface area contributed by atoms with Gasteiger partial charge in [0.1, 0.15) is 5.75 Å². The van der Waals surface area contributed by atoms with Gasteiger partial charge in [0.05, 0.1) is 12.7 Å². The van der Waals surface area contributed by atoms with Crippen LogP contribution in [0, 0.1) is 0 Å². The van der Waals surface area contributed by atoms with Crippen molar-refractivity contribution in [2.24, 2.45) is 5.73 Å². The molecule has 0 bridgehead atoms. The Balaban J connectivity index is 2.27. The molecule has 118 valence electrons. The lowest BCUT2D eigenvalue weighted by atomic mass is 9.90. The van der Waals surface area contributed by atoms with Crippen LogP contribution in [0.2, 0.25) is 0 Å². The fraction of sp³-hybridized carbons (Fsp3) is 0.294. The lowest BCUT2D eigenvalue weighted by Crippen LogP contribution is -2.17. The molecule has 2 N–H and O–H groups in total. The highest BCUT2D eigenvalue weighted by Gasteiger charge is 2.33. The van der Waals surface area contributed by atoms with Crippen LogP contribution in [0.15, 0.2) is 48.5 Å². The molecule has 0 saturated heterocycles. The summed E-state index contributed by atoms with van der Waals surface area (Å²) < 4.78 is 44.3. The van der Waals surface area contributed by atoms with Crippen LogP contribution in [-0.4, -0.2) is 13.7 Å². The van der Waals surface area contributed by atoms with Gasteiger partial charge in [0, 0.05) is 5.92 Å². The van der Waals surface area contributed by atoms with Crippen molar-refractivity contribution in [3.05, 3.63) is 65.2 Å². The Kier molecular flexibility index (Phi) is 5.08. The van der Waals surface area contributed by atoms with Crippen LogP contribution < -0.4 is 10.5 Å². The summed E-state index contributed by atoms with van der Waals surface area (Å²) in [5, 5.41) is 0. The third-order valence-electron chi connectivity index (χ3n) is 3.66. The number of hydrogen-bond acceptors (Lipinski definition) is 2. The first kappa shape index (κ1) is 16.4. The average molecular weight is 309 g/mol. The third-order valence-corrected chi connectivity index (χ3v) is 3.66. The molecule has 0 aliphatic rings. The summed E-state index contributed by atoms with van der Waals surface area (Å²) in [4.78, 5) is 0. The molecule has 2 aromatic rings. The summed E-state index contributed by atoms with van der Waals surface area (Å²) in [5.41, 5.74) is 6.34. The van der Waals surface area contributed by atoms with Gasteiger partial charge < -0.3 is 10.5 Å². The maximum atomic E-state index is 13.1. The molecule has 0 aliphatic heterocycles. The molecule has 2 rings (SSSR count). The van der Waals surface area contributed by atoms with Crippen molar-refractivity contribution in [2.45, 2.75) is 18.5 Å². The number of rotatable bonds is 5. The highest BCUT2D eigenvalue weighted by Crippen LogP contribution is 2.34. The lowest BCUT2D eigenvalue weighted by molar-refractivity contribution is -0.138. The van der Waals surface area contributed by atoms with Crippen LogP contribution >= 0.6 is 0 Å². The zero-order chi connectivity index (χ0) is 16.2. The Morgan fingerprint density at radius 2 is 1.68 bits per heavy atom. The van der Waals surface area contributed by atoms with E-state index < -0.39 is 11.7 Å². The van der Waals surface area contributed by atoms with E-state index in [1.807, 2.05) is 12.1 Å². The molecule has 0 fully saturated rings. The second kappa shape index (κ2) is 6.83. The van der Waals surface area contributed by atoms with Gasteiger partial charge in [-0.05, 0) is 42.3 Å². The minimum Gasteiger partial charge on any atom is -0.497 e. The molecule has 0 radical (unpaired) electrons. The van der Waals surface area contributed by atoms with Crippen LogP contribution in [-0.2, 0) is 12.6 Å². The van der Waals surface area contributed by atoms with E-state index in [0.29, 0.717) is 5.75 Å². The third kappa shape index (κ3) is 3.80. The van der Waals surface area contributed by atoms with Crippen molar-refractivity contribution < 1.29 is 17.9 Å². The number of nitrogens with two attached hydrogens (primary N) is 1. The molecule has 22 heavy (non-hydrogen) atoms. The van der Waals surface area contributed by atoms with Gasteiger partial charge >= 0.3 is 6.18 Å². The van der Waals surface area contributed by atoms with Crippen LogP contribution in [0.25, 0.3) is 0 Å². The van der Waals surface area contributed by atoms with E-state index >= 15 is 0 Å². The molecule has 0 spiro atoms. The zero-order valence-electron chi connectivity index (χ0n) is 12.2. The van der Waals surface area contributed by atoms with Crippen molar-refractivity contribution >= 4 is 0 Å². The number of methoxy groups -OCH3 is 1. The molecule has 2 aromatic carbocycles. The summed E-state index contributed by atoms with van der Waals surface area (Å²) in [6, 6.07) is 12.9. The van der Waals surface area contributed by atoms with Gasteiger partial charge in [0.25, 0.3) is 0 Å². The largest absolute Gasteiger partial charge is 0.497 e. The van der Waals surface area contributed by atoms with Crippen molar-refractivity contribution in [1.29, 1.82) is 0 Å². The molecule has 2 nitrogen and oxygen atoms in total. The van der Waals surface area contributed by atoms with Gasteiger partial charge in [-0.25, -0.2) is 0 Å². The zero-order valence-corrected chi connectivity index (χ0v) is 12.2. The fourth-order valence-electron chi connectivity index (χ4n) is 2.45.